The molecule has 0 unspecified atom stereocenters. The molecule has 1 rings (SSSR count). The topological polar surface area (TPSA) is 26.3 Å². The fourth-order valence-electron chi connectivity index (χ4n) is 1.04. The first-order valence-electron chi connectivity index (χ1n) is 4.68. The summed E-state index contributed by atoms with van der Waals surface area (Å²) in [5.41, 5.74) is 1.52. The van der Waals surface area contributed by atoms with Gasteiger partial charge in [-0.3, -0.25) is 0 Å². The van der Waals surface area contributed by atoms with E-state index in [1.165, 1.54) is 0 Å². The second kappa shape index (κ2) is 6.25. The van der Waals surface area contributed by atoms with Gasteiger partial charge in [-0.25, -0.2) is 4.79 Å². The van der Waals surface area contributed by atoms with Crippen molar-refractivity contribution in [2.45, 2.75) is 13.5 Å². The minimum atomic E-state index is -0.320. The number of carbonyl (C=O) groups is 1. The van der Waals surface area contributed by atoms with E-state index in [9.17, 15) is 4.79 Å². The fourth-order valence-corrected chi connectivity index (χ4v) is 1.27. The van der Waals surface area contributed by atoms with E-state index in [1.807, 2.05) is 30.3 Å². The Morgan fingerprint density at radius 1 is 1.40 bits per heavy atom. The average Bonchev–Trinajstić information content (AvgIpc) is 2.27. The molecule has 0 spiro atoms. The van der Waals surface area contributed by atoms with Gasteiger partial charge in [0.15, 0.2) is 0 Å². The summed E-state index contributed by atoms with van der Waals surface area (Å²) < 4.78 is 5.08. The van der Waals surface area contributed by atoms with Crippen LogP contribution in [0.5, 0.6) is 0 Å². The lowest BCUT2D eigenvalue weighted by Gasteiger charge is -2.04. The van der Waals surface area contributed by atoms with Gasteiger partial charge in [0.1, 0.15) is 6.61 Å². The summed E-state index contributed by atoms with van der Waals surface area (Å²) in [5.74, 6) is 0.00576. The maximum Gasteiger partial charge on any atom is 0.333 e. The highest BCUT2D eigenvalue weighted by molar-refractivity contribution is 6.19. The second-order valence-electron chi connectivity index (χ2n) is 3.10. The van der Waals surface area contributed by atoms with Crippen LogP contribution in [0.4, 0.5) is 0 Å². The van der Waals surface area contributed by atoms with Crippen LogP contribution in [0, 0.1) is 0 Å². The Bertz CT molecular complexity index is 344. The van der Waals surface area contributed by atoms with E-state index in [0.29, 0.717) is 18.1 Å². The van der Waals surface area contributed by atoms with Gasteiger partial charge in [0.05, 0.1) is 0 Å². The number of hydrogen-bond acceptors (Lipinski definition) is 2. The molecule has 1 aromatic rings. The van der Waals surface area contributed by atoms with Crippen LogP contribution < -0.4 is 0 Å². The molecule has 0 saturated carbocycles. The quantitative estimate of drug-likeness (QED) is 0.447. The Morgan fingerprint density at radius 3 is 2.67 bits per heavy atom. The van der Waals surface area contributed by atoms with Crippen LogP contribution in [0.2, 0.25) is 0 Å². The van der Waals surface area contributed by atoms with E-state index in [2.05, 4.69) is 0 Å². The molecule has 0 radical (unpaired) electrons. The van der Waals surface area contributed by atoms with Gasteiger partial charge >= 0.3 is 5.97 Å². The van der Waals surface area contributed by atoms with Crippen LogP contribution in [0.25, 0.3) is 0 Å². The Kier molecular flexibility index (Phi) is 4.91. The lowest BCUT2D eigenvalue weighted by atomic mass is 10.2. The normalized spacial score (nSPS) is 11.2. The number of ether oxygens (including phenoxy) is 1. The maximum absolute atomic E-state index is 11.4. The molecule has 15 heavy (non-hydrogen) atoms. The van der Waals surface area contributed by atoms with Crippen molar-refractivity contribution in [3.8, 4) is 0 Å². The van der Waals surface area contributed by atoms with Crippen LogP contribution in [-0.4, -0.2) is 11.8 Å². The third-order valence-corrected chi connectivity index (χ3v) is 2.07. The molecule has 0 aromatic heterocycles. The fraction of sp³-hybridized carbons (Fsp3) is 0.250. The minimum Gasteiger partial charge on any atom is -0.457 e. The van der Waals surface area contributed by atoms with Crippen molar-refractivity contribution in [2.75, 3.05) is 5.88 Å². The first-order valence-corrected chi connectivity index (χ1v) is 5.21. The van der Waals surface area contributed by atoms with Gasteiger partial charge in [-0.05, 0) is 12.5 Å². The standard InChI is InChI=1S/C12H13ClO2/c1-10(7-8-13)12(14)15-9-11-5-3-2-4-6-11/h2-7H,8-9H2,1H3. The second-order valence-corrected chi connectivity index (χ2v) is 3.41. The number of esters is 1. The van der Waals surface area contributed by atoms with E-state index in [-0.39, 0.29) is 5.97 Å². The highest BCUT2D eigenvalue weighted by Gasteiger charge is 2.04. The molecule has 2 nitrogen and oxygen atoms in total. The van der Waals surface area contributed by atoms with E-state index in [1.54, 1.807) is 13.0 Å². The molecule has 1 aromatic carbocycles. The van der Waals surface area contributed by atoms with Gasteiger partial charge in [0.25, 0.3) is 0 Å². The predicted molar refractivity (Wildman–Crippen MR) is 60.7 cm³/mol. The molecule has 0 aliphatic heterocycles. The number of alkyl halides is 1. The lowest BCUT2D eigenvalue weighted by Crippen LogP contribution is -2.05. The van der Waals surface area contributed by atoms with Gasteiger partial charge in [0.2, 0.25) is 0 Å². The van der Waals surface area contributed by atoms with Crippen LogP contribution in [0.3, 0.4) is 0 Å². The summed E-state index contributed by atoms with van der Waals surface area (Å²) in [4.78, 5) is 11.4. The summed E-state index contributed by atoms with van der Waals surface area (Å²) in [6, 6.07) is 9.56. The molecule has 0 amide bonds. The number of rotatable bonds is 4. The summed E-state index contributed by atoms with van der Waals surface area (Å²) in [6.45, 7) is 1.99. The van der Waals surface area contributed by atoms with Gasteiger partial charge < -0.3 is 4.74 Å². The van der Waals surface area contributed by atoms with Crippen LogP contribution in [-0.2, 0) is 16.1 Å². The number of halogens is 1. The van der Waals surface area contributed by atoms with E-state index < -0.39 is 0 Å². The zero-order valence-electron chi connectivity index (χ0n) is 8.57. The molecule has 0 aliphatic rings. The number of carbonyl (C=O) groups excluding carboxylic acids is 1. The summed E-state index contributed by atoms with van der Waals surface area (Å²) in [5, 5.41) is 0. The number of benzene rings is 1. The largest absolute Gasteiger partial charge is 0.457 e. The Hall–Kier alpha value is -1.28. The molecular formula is C12H13ClO2. The molecule has 0 heterocycles. The van der Waals surface area contributed by atoms with Crippen LogP contribution in [0.1, 0.15) is 12.5 Å². The Balaban J connectivity index is 2.45. The summed E-state index contributed by atoms with van der Waals surface area (Å²) >= 11 is 5.47. The van der Waals surface area contributed by atoms with E-state index >= 15 is 0 Å². The number of allylic oxidation sites excluding steroid dienone is 1. The predicted octanol–water partition coefficient (Wildman–Crippen LogP) is 2.91. The van der Waals surface area contributed by atoms with Crippen molar-refractivity contribution in [1.29, 1.82) is 0 Å². The summed E-state index contributed by atoms with van der Waals surface area (Å²) in [6.07, 6.45) is 1.63. The highest BCUT2D eigenvalue weighted by Crippen LogP contribution is 2.04. The van der Waals surface area contributed by atoms with Gasteiger partial charge in [-0.15, -0.1) is 11.6 Å². The minimum absolute atomic E-state index is 0.299. The van der Waals surface area contributed by atoms with Crippen molar-refractivity contribution < 1.29 is 9.53 Å². The van der Waals surface area contributed by atoms with E-state index in [0.717, 1.165) is 5.56 Å². The SMILES string of the molecule is CC(=CCCl)C(=O)OCc1ccccc1. The molecule has 3 heteroatoms. The van der Waals surface area contributed by atoms with Gasteiger partial charge in [-0.1, -0.05) is 36.4 Å². The first-order chi connectivity index (χ1) is 7.24. The zero-order valence-corrected chi connectivity index (χ0v) is 9.33. The van der Waals surface area contributed by atoms with E-state index in [4.69, 9.17) is 16.3 Å². The molecule has 0 aliphatic carbocycles. The molecule has 0 saturated heterocycles. The molecule has 80 valence electrons. The Labute approximate surface area is 94.5 Å². The zero-order chi connectivity index (χ0) is 11.1. The van der Waals surface area contributed by atoms with Gasteiger partial charge in [-0.2, -0.15) is 0 Å². The molecule has 0 N–H and O–H groups in total. The molecular weight excluding hydrogens is 212 g/mol. The van der Waals surface area contributed by atoms with Crippen molar-refractivity contribution >= 4 is 17.6 Å². The lowest BCUT2D eigenvalue weighted by molar-refractivity contribution is -0.140. The van der Waals surface area contributed by atoms with Gasteiger partial charge in [0, 0.05) is 11.5 Å². The van der Waals surface area contributed by atoms with Crippen LogP contribution in [0.15, 0.2) is 42.0 Å². The number of hydrogen-bond donors (Lipinski definition) is 0. The first kappa shape index (κ1) is 11.8. The average molecular weight is 225 g/mol. The third-order valence-electron chi connectivity index (χ3n) is 1.92. The summed E-state index contributed by atoms with van der Waals surface area (Å²) in [7, 11) is 0. The van der Waals surface area contributed by atoms with Crippen molar-refractivity contribution in [2.24, 2.45) is 0 Å². The van der Waals surface area contributed by atoms with Crippen LogP contribution >= 0.6 is 11.6 Å². The Morgan fingerprint density at radius 2 is 2.07 bits per heavy atom. The monoisotopic (exact) mass is 224 g/mol. The molecule has 0 bridgehead atoms. The third kappa shape index (κ3) is 4.17. The maximum atomic E-state index is 11.4. The van der Waals surface area contributed by atoms with Crippen molar-refractivity contribution in [3.63, 3.8) is 0 Å². The molecule has 0 atom stereocenters. The van der Waals surface area contributed by atoms with Crippen molar-refractivity contribution in [1.82, 2.24) is 0 Å². The smallest absolute Gasteiger partial charge is 0.333 e. The van der Waals surface area contributed by atoms with Crippen molar-refractivity contribution in [3.05, 3.63) is 47.5 Å². The molecule has 0 fully saturated rings. The highest BCUT2D eigenvalue weighted by atomic mass is 35.5.